The van der Waals surface area contributed by atoms with Gasteiger partial charge in [0.1, 0.15) is 5.82 Å². The van der Waals surface area contributed by atoms with Crippen LogP contribution in [-0.4, -0.2) is 48.6 Å². The lowest BCUT2D eigenvalue weighted by atomic mass is 9.90. The highest BCUT2D eigenvalue weighted by Gasteiger charge is 2.34. The number of piperazine rings is 1. The lowest BCUT2D eigenvalue weighted by molar-refractivity contribution is 0.146. The molecule has 33 heavy (non-hydrogen) atoms. The average Bonchev–Trinajstić information content (AvgIpc) is 2.85. The van der Waals surface area contributed by atoms with Gasteiger partial charge in [0.2, 0.25) is 0 Å². The van der Waals surface area contributed by atoms with Crippen LogP contribution in [0.4, 0.5) is 11.5 Å². The molecule has 0 saturated carbocycles. The molecule has 0 aliphatic carbocycles. The van der Waals surface area contributed by atoms with Crippen molar-refractivity contribution >= 4 is 46.3 Å². The lowest BCUT2D eigenvalue weighted by Gasteiger charge is -2.47. The van der Waals surface area contributed by atoms with E-state index in [1.807, 2.05) is 42.6 Å². The van der Waals surface area contributed by atoms with Crippen LogP contribution in [0.1, 0.15) is 24.4 Å². The van der Waals surface area contributed by atoms with Crippen LogP contribution in [0.25, 0.3) is 0 Å². The molecule has 0 spiro atoms. The summed E-state index contributed by atoms with van der Waals surface area (Å²) in [5.74, 6) is 1.07. The number of piperidine rings is 1. The Morgan fingerprint density at radius 2 is 1.55 bits per heavy atom. The molecular formula is C26H27Cl3N4. The van der Waals surface area contributed by atoms with Crippen molar-refractivity contribution in [3.05, 3.63) is 87.5 Å². The number of aromatic nitrogens is 1. The van der Waals surface area contributed by atoms with E-state index in [4.69, 9.17) is 34.8 Å². The number of hydrogen-bond acceptors (Lipinski definition) is 4. The molecule has 0 N–H and O–H groups in total. The van der Waals surface area contributed by atoms with Gasteiger partial charge in [0.15, 0.2) is 0 Å². The van der Waals surface area contributed by atoms with Gasteiger partial charge in [-0.05, 0) is 60.9 Å². The van der Waals surface area contributed by atoms with Crippen LogP contribution < -0.4 is 9.80 Å². The Morgan fingerprint density at radius 3 is 2.24 bits per heavy atom. The van der Waals surface area contributed by atoms with E-state index in [-0.39, 0.29) is 6.04 Å². The van der Waals surface area contributed by atoms with Gasteiger partial charge in [-0.15, -0.1) is 0 Å². The molecule has 2 saturated heterocycles. The average molecular weight is 502 g/mol. The zero-order chi connectivity index (χ0) is 22.8. The maximum atomic E-state index is 6.63. The van der Waals surface area contributed by atoms with E-state index in [9.17, 15) is 0 Å². The maximum Gasteiger partial charge on any atom is 0.128 e. The zero-order valence-electron chi connectivity index (χ0n) is 18.4. The number of halogens is 3. The molecule has 2 aromatic carbocycles. The first-order valence-corrected chi connectivity index (χ1v) is 12.6. The Labute approximate surface area is 210 Å². The standard InChI is InChI=1S/C26H27Cl3N4/c27-20-6-4-19(5-7-20)25-18-22(10-12-33(25)24-9-8-21(28)17-23(24)29)31-13-15-32(16-14-31)26-3-1-2-11-30-26/h1-9,11,17,22,25H,10,12-16,18H2. The van der Waals surface area contributed by atoms with Crippen molar-refractivity contribution in [2.45, 2.75) is 24.9 Å². The van der Waals surface area contributed by atoms with Gasteiger partial charge in [0, 0.05) is 55.0 Å². The van der Waals surface area contributed by atoms with E-state index in [1.165, 1.54) is 5.56 Å². The van der Waals surface area contributed by atoms with Crippen molar-refractivity contribution < 1.29 is 0 Å². The van der Waals surface area contributed by atoms with Gasteiger partial charge in [-0.2, -0.15) is 0 Å². The molecule has 2 aliphatic rings. The fraction of sp³-hybridized carbons (Fsp3) is 0.346. The fourth-order valence-electron chi connectivity index (χ4n) is 5.14. The minimum atomic E-state index is 0.230. The van der Waals surface area contributed by atoms with E-state index in [0.29, 0.717) is 16.1 Å². The first kappa shape index (κ1) is 22.8. The minimum Gasteiger partial charge on any atom is -0.363 e. The van der Waals surface area contributed by atoms with E-state index in [0.717, 1.165) is 62.1 Å². The van der Waals surface area contributed by atoms with E-state index >= 15 is 0 Å². The SMILES string of the molecule is Clc1ccc(C2CC(N3CCN(c4ccccn4)CC3)CCN2c2ccc(Cl)cc2Cl)cc1. The van der Waals surface area contributed by atoms with Crippen LogP contribution >= 0.6 is 34.8 Å². The number of nitrogens with zero attached hydrogens (tertiary/aromatic N) is 4. The molecular weight excluding hydrogens is 475 g/mol. The molecule has 4 nitrogen and oxygen atoms in total. The van der Waals surface area contributed by atoms with E-state index < -0.39 is 0 Å². The summed E-state index contributed by atoms with van der Waals surface area (Å²) < 4.78 is 0. The molecule has 0 radical (unpaired) electrons. The van der Waals surface area contributed by atoms with Gasteiger partial charge < -0.3 is 9.80 Å². The highest BCUT2D eigenvalue weighted by atomic mass is 35.5. The summed E-state index contributed by atoms with van der Waals surface area (Å²) in [6.45, 7) is 5.06. The van der Waals surface area contributed by atoms with Crippen molar-refractivity contribution in [1.29, 1.82) is 0 Å². The third-order valence-electron chi connectivity index (χ3n) is 6.85. The van der Waals surface area contributed by atoms with E-state index in [1.54, 1.807) is 0 Å². The first-order valence-electron chi connectivity index (χ1n) is 11.5. The Hall–Kier alpha value is -1.98. The number of anilines is 2. The largest absolute Gasteiger partial charge is 0.363 e. The number of pyridine rings is 1. The van der Waals surface area contributed by atoms with Crippen molar-refractivity contribution in [2.24, 2.45) is 0 Å². The highest BCUT2D eigenvalue weighted by molar-refractivity contribution is 6.36. The lowest BCUT2D eigenvalue weighted by Crippen LogP contribution is -2.54. The van der Waals surface area contributed by atoms with Crippen LogP contribution in [0.2, 0.25) is 15.1 Å². The van der Waals surface area contributed by atoms with Crippen LogP contribution in [0.3, 0.4) is 0 Å². The summed E-state index contributed by atoms with van der Waals surface area (Å²) in [5.41, 5.74) is 2.31. The molecule has 7 heteroatoms. The summed E-state index contributed by atoms with van der Waals surface area (Å²) in [4.78, 5) is 12.0. The van der Waals surface area contributed by atoms with Crippen molar-refractivity contribution in [2.75, 3.05) is 42.5 Å². The Morgan fingerprint density at radius 1 is 0.788 bits per heavy atom. The molecule has 1 aromatic heterocycles. The predicted molar refractivity (Wildman–Crippen MR) is 139 cm³/mol. The normalized spacial score (nSPS) is 21.9. The van der Waals surface area contributed by atoms with E-state index in [2.05, 4.69) is 43.9 Å². The van der Waals surface area contributed by atoms with Crippen LogP contribution in [0, 0.1) is 0 Å². The van der Waals surface area contributed by atoms with Crippen molar-refractivity contribution in [1.82, 2.24) is 9.88 Å². The first-order chi connectivity index (χ1) is 16.1. The molecule has 2 atom stereocenters. The maximum absolute atomic E-state index is 6.63. The number of benzene rings is 2. The second-order valence-electron chi connectivity index (χ2n) is 8.75. The summed E-state index contributed by atoms with van der Waals surface area (Å²) in [6, 6.07) is 20.9. The van der Waals surface area contributed by atoms with Gasteiger partial charge >= 0.3 is 0 Å². The van der Waals surface area contributed by atoms with Gasteiger partial charge in [0.05, 0.1) is 16.8 Å². The topological polar surface area (TPSA) is 22.6 Å². The molecule has 0 bridgehead atoms. The van der Waals surface area contributed by atoms with Gasteiger partial charge in [-0.25, -0.2) is 4.98 Å². The van der Waals surface area contributed by atoms with Gasteiger partial charge in [-0.3, -0.25) is 4.90 Å². The Kier molecular flexibility index (Phi) is 6.98. The minimum absolute atomic E-state index is 0.230. The molecule has 2 fully saturated rings. The van der Waals surface area contributed by atoms with Gasteiger partial charge in [0.25, 0.3) is 0 Å². The van der Waals surface area contributed by atoms with Gasteiger partial charge in [-0.1, -0.05) is 53.0 Å². The quantitative estimate of drug-likeness (QED) is 0.403. The molecule has 2 aliphatic heterocycles. The third-order valence-corrected chi connectivity index (χ3v) is 7.64. The molecule has 3 aromatic rings. The van der Waals surface area contributed by atoms with Crippen molar-refractivity contribution in [3.63, 3.8) is 0 Å². The predicted octanol–water partition coefficient (Wildman–Crippen LogP) is 6.57. The van der Waals surface area contributed by atoms with Crippen LogP contribution in [-0.2, 0) is 0 Å². The second kappa shape index (κ2) is 10.1. The number of hydrogen-bond donors (Lipinski definition) is 0. The highest BCUT2D eigenvalue weighted by Crippen LogP contribution is 2.40. The number of rotatable bonds is 4. The molecule has 172 valence electrons. The monoisotopic (exact) mass is 500 g/mol. The fourth-order valence-corrected chi connectivity index (χ4v) is 5.78. The second-order valence-corrected chi connectivity index (χ2v) is 10.0. The molecule has 2 unspecified atom stereocenters. The Bertz CT molecular complexity index is 1070. The summed E-state index contributed by atoms with van der Waals surface area (Å²) in [5, 5.41) is 2.11. The Balaban J connectivity index is 1.34. The van der Waals surface area contributed by atoms with Crippen molar-refractivity contribution in [3.8, 4) is 0 Å². The molecule has 3 heterocycles. The molecule has 5 rings (SSSR count). The smallest absolute Gasteiger partial charge is 0.128 e. The summed E-state index contributed by atoms with van der Waals surface area (Å²) in [7, 11) is 0. The summed E-state index contributed by atoms with van der Waals surface area (Å²) >= 11 is 19.0. The molecule has 0 amide bonds. The third kappa shape index (κ3) is 5.09. The van der Waals surface area contributed by atoms with Crippen LogP contribution in [0.5, 0.6) is 0 Å². The van der Waals surface area contributed by atoms with Crippen LogP contribution in [0.15, 0.2) is 66.9 Å². The summed E-state index contributed by atoms with van der Waals surface area (Å²) in [6.07, 6.45) is 4.02. The zero-order valence-corrected chi connectivity index (χ0v) is 20.6.